The fourth-order valence-electron chi connectivity index (χ4n) is 6.24. The molecule has 242 valence electrons. The number of ether oxygens (including phenoxy) is 4. The standard InChI is InChI=1S/C36H40Cl2N4O4/c1-43-32-19-22(6-7-24(32)20-41-26-11-15-45-16-12-26)35-34(38)28(10-14-40-35)27-4-3-5-29(33(27)37)31-9-8-23(36(42-31)44-2)18-25-21-46-17-13-30(25)39/h3-10,14,19,25-26,30,41H,11-13,15-18,20-21,39H2,1-2H3. The first-order chi connectivity index (χ1) is 22.5. The second kappa shape index (κ2) is 15.1. The summed E-state index contributed by atoms with van der Waals surface area (Å²) in [5, 5.41) is 4.67. The monoisotopic (exact) mass is 662 g/mol. The van der Waals surface area contributed by atoms with Gasteiger partial charge in [0.2, 0.25) is 5.88 Å². The van der Waals surface area contributed by atoms with Crippen molar-refractivity contribution >= 4 is 23.2 Å². The zero-order valence-electron chi connectivity index (χ0n) is 26.2. The summed E-state index contributed by atoms with van der Waals surface area (Å²) in [4.78, 5) is 9.50. The van der Waals surface area contributed by atoms with Gasteiger partial charge in [-0.25, -0.2) is 4.98 Å². The highest BCUT2D eigenvalue weighted by Crippen LogP contribution is 2.42. The zero-order chi connectivity index (χ0) is 32.0. The van der Waals surface area contributed by atoms with E-state index < -0.39 is 0 Å². The number of halogens is 2. The van der Waals surface area contributed by atoms with Crippen molar-refractivity contribution < 1.29 is 18.9 Å². The van der Waals surface area contributed by atoms with Crippen molar-refractivity contribution in [1.82, 2.24) is 15.3 Å². The number of nitrogens with one attached hydrogen (secondary N) is 1. The molecule has 46 heavy (non-hydrogen) atoms. The quantitative estimate of drug-likeness (QED) is 0.188. The SMILES string of the molecule is COc1cc(-c2nccc(-c3cccc(-c4ccc(CC5COCCC5N)c(OC)n4)c3Cl)c2Cl)ccc1CNC1CCOCC1. The van der Waals surface area contributed by atoms with Crippen molar-refractivity contribution in [3.05, 3.63) is 82.0 Å². The third-order valence-electron chi connectivity index (χ3n) is 8.96. The van der Waals surface area contributed by atoms with Crippen LogP contribution in [0.3, 0.4) is 0 Å². The van der Waals surface area contributed by atoms with Crippen LogP contribution in [-0.2, 0) is 22.4 Å². The molecule has 8 nitrogen and oxygen atoms in total. The largest absolute Gasteiger partial charge is 0.496 e. The van der Waals surface area contributed by atoms with Gasteiger partial charge >= 0.3 is 0 Å². The van der Waals surface area contributed by atoms with Gasteiger partial charge in [0.25, 0.3) is 0 Å². The molecule has 0 amide bonds. The van der Waals surface area contributed by atoms with Gasteiger partial charge in [0.15, 0.2) is 0 Å². The molecule has 4 heterocycles. The third-order valence-corrected chi connectivity index (χ3v) is 9.75. The second-order valence-electron chi connectivity index (χ2n) is 11.8. The molecule has 2 saturated heterocycles. The summed E-state index contributed by atoms with van der Waals surface area (Å²) in [7, 11) is 3.32. The molecule has 10 heteroatoms. The van der Waals surface area contributed by atoms with E-state index in [1.54, 1.807) is 20.4 Å². The van der Waals surface area contributed by atoms with E-state index in [0.717, 1.165) is 78.0 Å². The Morgan fingerprint density at radius 1 is 0.870 bits per heavy atom. The minimum absolute atomic E-state index is 0.0949. The van der Waals surface area contributed by atoms with E-state index in [1.807, 2.05) is 48.5 Å². The Labute approximate surface area is 280 Å². The Balaban J connectivity index is 1.27. The van der Waals surface area contributed by atoms with Gasteiger partial charge in [0.1, 0.15) is 5.75 Å². The highest BCUT2D eigenvalue weighted by atomic mass is 35.5. The number of nitrogens with zero attached hydrogens (tertiary/aromatic N) is 2. The molecule has 2 aromatic heterocycles. The third kappa shape index (κ3) is 7.18. The molecule has 2 unspecified atom stereocenters. The first kappa shape index (κ1) is 32.7. The molecule has 3 N–H and O–H groups in total. The van der Waals surface area contributed by atoms with Gasteiger partial charge in [0, 0.05) is 83.9 Å². The zero-order valence-corrected chi connectivity index (χ0v) is 27.7. The molecule has 0 bridgehead atoms. The van der Waals surface area contributed by atoms with Crippen molar-refractivity contribution in [3.8, 4) is 45.3 Å². The summed E-state index contributed by atoms with van der Waals surface area (Å²) in [5.41, 5.74) is 13.0. The fourth-order valence-corrected chi connectivity index (χ4v) is 6.89. The van der Waals surface area contributed by atoms with E-state index in [0.29, 0.717) is 53.1 Å². The first-order valence-electron chi connectivity index (χ1n) is 15.8. The lowest BCUT2D eigenvalue weighted by Gasteiger charge is -2.29. The van der Waals surface area contributed by atoms with E-state index in [9.17, 15) is 0 Å². The Hall–Kier alpha value is -3.24. The van der Waals surface area contributed by atoms with Gasteiger partial charge in [-0.3, -0.25) is 4.98 Å². The van der Waals surface area contributed by atoms with Crippen molar-refractivity contribution in [1.29, 1.82) is 0 Å². The van der Waals surface area contributed by atoms with E-state index >= 15 is 0 Å². The lowest BCUT2D eigenvalue weighted by atomic mass is 9.90. The van der Waals surface area contributed by atoms with Crippen LogP contribution in [0.15, 0.2) is 60.8 Å². The Morgan fingerprint density at radius 3 is 2.41 bits per heavy atom. The predicted octanol–water partition coefficient (Wildman–Crippen LogP) is 6.98. The van der Waals surface area contributed by atoms with E-state index in [-0.39, 0.29) is 12.0 Å². The predicted molar refractivity (Wildman–Crippen MR) is 183 cm³/mol. The van der Waals surface area contributed by atoms with Gasteiger partial charge in [0.05, 0.1) is 42.3 Å². The molecule has 2 fully saturated rings. The molecule has 2 aromatic carbocycles. The molecule has 0 saturated carbocycles. The van der Waals surface area contributed by atoms with Gasteiger partial charge in [-0.05, 0) is 43.9 Å². The average Bonchev–Trinajstić information content (AvgIpc) is 3.09. The minimum Gasteiger partial charge on any atom is -0.496 e. The highest BCUT2D eigenvalue weighted by molar-refractivity contribution is 6.39. The van der Waals surface area contributed by atoms with Crippen LogP contribution >= 0.6 is 23.2 Å². The number of hydrogen-bond donors (Lipinski definition) is 2. The number of hydrogen-bond acceptors (Lipinski definition) is 8. The summed E-state index contributed by atoms with van der Waals surface area (Å²) >= 11 is 14.2. The molecule has 0 radical (unpaired) electrons. The maximum absolute atomic E-state index is 7.10. The van der Waals surface area contributed by atoms with Gasteiger partial charge in [-0.2, -0.15) is 0 Å². The molecule has 2 atom stereocenters. The number of pyridine rings is 2. The summed E-state index contributed by atoms with van der Waals surface area (Å²) in [6.07, 6.45) is 5.36. The van der Waals surface area contributed by atoms with Gasteiger partial charge < -0.3 is 30.0 Å². The van der Waals surface area contributed by atoms with Crippen LogP contribution in [0.1, 0.15) is 30.4 Å². The molecule has 4 aromatic rings. The second-order valence-corrected chi connectivity index (χ2v) is 12.6. The Bertz CT molecular complexity index is 1660. The maximum atomic E-state index is 7.10. The number of aromatic nitrogens is 2. The lowest BCUT2D eigenvalue weighted by molar-refractivity contribution is 0.0420. The molecule has 2 aliphatic heterocycles. The summed E-state index contributed by atoms with van der Waals surface area (Å²) in [6, 6.07) is 18.4. The van der Waals surface area contributed by atoms with E-state index in [1.165, 1.54) is 0 Å². The summed E-state index contributed by atoms with van der Waals surface area (Å²) in [6.45, 7) is 3.65. The van der Waals surface area contributed by atoms with E-state index in [2.05, 4.69) is 16.4 Å². The molecular weight excluding hydrogens is 623 g/mol. The maximum Gasteiger partial charge on any atom is 0.216 e. The van der Waals surface area contributed by atoms with Gasteiger partial charge in [-0.1, -0.05) is 59.6 Å². The molecular formula is C36H40Cl2N4O4. The Kier molecular flexibility index (Phi) is 10.7. The average molecular weight is 664 g/mol. The van der Waals surface area contributed by atoms with Crippen LogP contribution in [0.25, 0.3) is 33.6 Å². The lowest BCUT2D eigenvalue weighted by Crippen LogP contribution is -2.39. The first-order valence-corrected chi connectivity index (χ1v) is 16.5. The number of nitrogens with two attached hydrogens (primary N) is 1. The van der Waals surface area contributed by atoms with Crippen LogP contribution in [0, 0.1) is 5.92 Å². The van der Waals surface area contributed by atoms with Crippen LogP contribution < -0.4 is 20.5 Å². The highest BCUT2D eigenvalue weighted by Gasteiger charge is 2.25. The molecule has 2 aliphatic rings. The molecule has 0 spiro atoms. The van der Waals surface area contributed by atoms with Crippen LogP contribution in [-0.4, -0.2) is 62.7 Å². The van der Waals surface area contributed by atoms with Crippen molar-refractivity contribution in [2.24, 2.45) is 11.7 Å². The van der Waals surface area contributed by atoms with Crippen molar-refractivity contribution in [3.63, 3.8) is 0 Å². The summed E-state index contributed by atoms with van der Waals surface area (Å²) in [5.74, 6) is 1.55. The topological polar surface area (TPSA) is 101 Å². The van der Waals surface area contributed by atoms with Gasteiger partial charge in [-0.15, -0.1) is 0 Å². The smallest absolute Gasteiger partial charge is 0.216 e. The number of methoxy groups -OCH3 is 2. The van der Waals surface area contributed by atoms with Crippen molar-refractivity contribution in [2.75, 3.05) is 40.6 Å². The molecule has 6 rings (SSSR count). The molecule has 0 aliphatic carbocycles. The normalized spacial score (nSPS) is 18.8. The van der Waals surface area contributed by atoms with Crippen LogP contribution in [0.2, 0.25) is 10.0 Å². The number of benzene rings is 2. The fraction of sp³-hybridized carbons (Fsp3) is 0.389. The van der Waals surface area contributed by atoms with Crippen LogP contribution in [0.4, 0.5) is 0 Å². The summed E-state index contributed by atoms with van der Waals surface area (Å²) < 4.78 is 22.6. The minimum atomic E-state index is 0.0949. The number of rotatable bonds is 10. The van der Waals surface area contributed by atoms with Crippen LogP contribution in [0.5, 0.6) is 11.6 Å². The van der Waals surface area contributed by atoms with E-state index in [4.69, 9.17) is 52.9 Å². The van der Waals surface area contributed by atoms with Crippen molar-refractivity contribution in [2.45, 2.75) is 44.3 Å². The Morgan fingerprint density at radius 2 is 1.63 bits per heavy atom.